The van der Waals surface area contributed by atoms with Gasteiger partial charge in [0.25, 0.3) is 0 Å². The summed E-state index contributed by atoms with van der Waals surface area (Å²) in [6, 6.07) is 4.98. The molecular formula is C14H10ClF3N6. The normalized spacial score (nSPS) is 11.7. The summed E-state index contributed by atoms with van der Waals surface area (Å²) in [6.07, 6.45) is -0.772. The smallest absolute Gasteiger partial charge is 0.236 e. The molecule has 0 bridgehead atoms. The molecule has 24 heavy (non-hydrogen) atoms. The molecule has 0 atom stereocenters. The molecule has 0 aliphatic heterocycles. The maximum absolute atomic E-state index is 12.6. The topological polar surface area (TPSA) is 61.4 Å². The van der Waals surface area contributed by atoms with Crippen molar-refractivity contribution in [1.82, 2.24) is 29.8 Å². The van der Waals surface area contributed by atoms with Gasteiger partial charge in [-0.25, -0.2) is 9.67 Å². The molecule has 0 saturated carbocycles. The SMILES string of the molecule is C=Cc1cc(Cn2ncc(C(F)(F)F)n2)nn1-c1ncccc1Cl. The fraction of sp³-hybridized carbons (Fsp3) is 0.143. The Bertz CT molecular complexity index is 883. The number of pyridine rings is 1. The van der Waals surface area contributed by atoms with Gasteiger partial charge in [-0.1, -0.05) is 18.2 Å². The zero-order valence-corrected chi connectivity index (χ0v) is 12.8. The summed E-state index contributed by atoms with van der Waals surface area (Å²) in [5.41, 5.74) is -0.0246. The number of nitrogens with zero attached hydrogens (tertiary/aromatic N) is 6. The van der Waals surface area contributed by atoms with Crippen LogP contribution >= 0.6 is 11.6 Å². The average Bonchev–Trinajstić information content (AvgIpc) is 3.14. The molecule has 0 aromatic carbocycles. The van der Waals surface area contributed by atoms with E-state index in [0.717, 1.165) is 4.80 Å². The van der Waals surface area contributed by atoms with Crippen LogP contribution in [0.4, 0.5) is 13.2 Å². The fourth-order valence-electron chi connectivity index (χ4n) is 2.02. The number of hydrogen-bond donors (Lipinski definition) is 0. The lowest BCUT2D eigenvalue weighted by Gasteiger charge is -2.04. The third kappa shape index (κ3) is 3.16. The minimum absolute atomic E-state index is 0.0334. The second-order valence-corrected chi connectivity index (χ2v) is 5.15. The van der Waals surface area contributed by atoms with Crippen molar-refractivity contribution in [2.24, 2.45) is 0 Å². The molecule has 3 rings (SSSR count). The highest BCUT2D eigenvalue weighted by atomic mass is 35.5. The second kappa shape index (κ2) is 6.08. The number of hydrogen-bond acceptors (Lipinski definition) is 4. The molecule has 6 nitrogen and oxygen atoms in total. The summed E-state index contributed by atoms with van der Waals surface area (Å²) in [5, 5.41) is 11.7. The molecule has 124 valence electrons. The van der Waals surface area contributed by atoms with Crippen LogP contribution in [0.3, 0.4) is 0 Å². The van der Waals surface area contributed by atoms with E-state index in [1.807, 2.05) is 0 Å². The number of halogens is 4. The van der Waals surface area contributed by atoms with Crippen LogP contribution in [-0.2, 0) is 12.7 Å². The van der Waals surface area contributed by atoms with Gasteiger partial charge < -0.3 is 0 Å². The predicted molar refractivity (Wildman–Crippen MR) is 80.6 cm³/mol. The molecule has 0 amide bonds. The summed E-state index contributed by atoms with van der Waals surface area (Å²) in [6.45, 7) is 3.65. The Kier molecular flexibility index (Phi) is 4.10. The highest BCUT2D eigenvalue weighted by Crippen LogP contribution is 2.26. The lowest BCUT2D eigenvalue weighted by atomic mass is 10.3. The Balaban J connectivity index is 1.92. The van der Waals surface area contributed by atoms with Gasteiger partial charge in [-0.05, 0) is 24.3 Å². The third-order valence-electron chi connectivity index (χ3n) is 3.07. The Morgan fingerprint density at radius 3 is 2.71 bits per heavy atom. The molecular weight excluding hydrogens is 345 g/mol. The third-order valence-corrected chi connectivity index (χ3v) is 3.36. The molecule has 0 fully saturated rings. The van der Waals surface area contributed by atoms with Crippen molar-refractivity contribution in [1.29, 1.82) is 0 Å². The van der Waals surface area contributed by atoms with E-state index < -0.39 is 11.9 Å². The van der Waals surface area contributed by atoms with Crippen LogP contribution in [0.5, 0.6) is 0 Å². The Morgan fingerprint density at radius 1 is 1.29 bits per heavy atom. The maximum atomic E-state index is 12.6. The first kappa shape index (κ1) is 16.2. The van der Waals surface area contributed by atoms with Gasteiger partial charge >= 0.3 is 6.18 Å². The monoisotopic (exact) mass is 354 g/mol. The molecule has 0 aliphatic rings. The van der Waals surface area contributed by atoms with Gasteiger partial charge in [0.1, 0.15) is 6.54 Å². The van der Waals surface area contributed by atoms with Gasteiger partial charge in [-0.3, -0.25) is 0 Å². The highest BCUT2D eigenvalue weighted by Gasteiger charge is 2.34. The van der Waals surface area contributed by atoms with Crippen LogP contribution in [0, 0.1) is 0 Å². The van der Waals surface area contributed by atoms with E-state index in [-0.39, 0.29) is 6.54 Å². The Morgan fingerprint density at radius 2 is 2.08 bits per heavy atom. The van der Waals surface area contributed by atoms with Gasteiger partial charge in [0, 0.05) is 6.20 Å². The lowest BCUT2D eigenvalue weighted by molar-refractivity contribution is -0.141. The number of rotatable bonds is 4. The van der Waals surface area contributed by atoms with Crippen molar-refractivity contribution in [3.8, 4) is 5.82 Å². The summed E-state index contributed by atoms with van der Waals surface area (Å²) < 4.78 is 39.1. The van der Waals surface area contributed by atoms with Gasteiger partial charge in [0.15, 0.2) is 11.5 Å². The molecule has 3 aromatic heterocycles. The standard InChI is InChI=1S/C14H10ClF3N6/c1-2-10-6-9(8-23-20-7-12(22-23)14(16,17)18)21-24(10)13-11(15)4-3-5-19-13/h2-7H,1,8H2. The van der Waals surface area contributed by atoms with Crippen LogP contribution in [0.1, 0.15) is 17.1 Å². The van der Waals surface area contributed by atoms with Gasteiger partial charge in [-0.2, -0.15) is 28.2 Å². The van der Waals surface area contributed by atoms with Crippen molar-refractivity contribution in [3.63, 3.8) is 0 Å². The van der Waals surface area contributed by atoms with Crippen molar-refractivity contribution >= 4 is 17.7 Å². The molecule has 10 heteroatoms. The predicted octanol–water partition coefficient (Wildman–Crippen LogP) is 3.22. The van der Waals surface area contributed by atoms with Gasteiger partial charge in [0.05, 0.1) is 22.6 Å². The minimum atomic E-state index is -4.54. The molecule has 0 N–H and O–H groups in total. The van der Waals surface area contributed by atoms with E-state index in [1.165, 1.54) is 4.68 Å². The lowest BCUT2D eigenvalue weighted by Crippen LogP contribution is -2.10. The molecule has 0 saturated heterocycles. The molecule has 0 aliphatic carbocycles. The van der Waals surface area contributed by atoms with Gasteiger partial charge in [0.2, 0.25) is 0 Å². The van der Waals surface area contributed by atoms with E-state index >= 15 is 0 Å². The molecule has 0 radical (unpaired) electrons. The first-order chi connectivity index (χ1) is 11.4. The van der Waals surface area contributed by atoms with E-state index in [9.17, 15) is 13.2 Å². The first-order valence-corrected chi connectivity index (χ1v) is 7.06. The molecule has 0 spiro atoms. The Labute approximate surface area is 139 Å². The summed E-state index contributed by atoms with van der Waals surface area (Å²) >= 11 is 6.10. The average molecular weight is 355 g/mol. The van der Waals surface area contributed by atoms with Crippen LogP contribution < -0.4 is 0 Å². The summed E-state index contributed by atoms with van der Waals surface area (Å²) in [7, 11) is 0. The van der Waals surface area contributed by atoms with Crippen molar-refractivity contribution in [2.75, 3.05) is 0 Å². The van der Waals surface area contributed by atoms with Gasteiger partial charge in [-0.15, -0.1) is 5.10 Å². The van der Waals surface area contributed by atoms with E-state index in [2.05, 4.69) is 26.9 Å². The summed E-state index contributed by atoms with van der Waals surface area (Å²) in [5.74, 6) is 0.393. The van der Waals surface area contributed by atoms with Crippen molar-refractivity contribution < 1.29 is 13.2 Å². The van der Waals surface area contributed by atoms with Crippen molar-refractivity contribution in [2.45, 2.75) is 12.7 Å². The zero-order chi connectivity index (χ0) is 17.3. The molecule has 0 unspecified atom stereocenters. The number of alkyl halides is 3. The molecule has 3 heterocycles. The highest BCUT2D eigenvalue weighted by molar-refractivity contribution is 6.32. The van der Waals surface area contributed by atoms with E-state index in [0.29, 0.717) is 28.4 Å². The second-order valence-electron chi connectivity index (χ2n) is 4.74. The largest absolute Gasteiger partial charge is 0.436 e. The zero-order valence-electron chi connectivity index (χ0n) is 12.1. The van der Waals surface area contributed by atoms with Crippen LogP contribution in [0.2, 0.25) is 5.02 Å². The minimum Gasteiger partial charge on any atom is -0.236 e. The first-order valence-electron chi connectivity index (χ1n) is 6.68. The van der Waals surface area contributed by atoms with Crippen molar-refractivity contribution in [3.05, 3.63) is 59.3 Å². The summed E-state index contributed by atoms with van der Waals surface area (Å²) in [4.78, 5) is 5.07. The van der Waals surface area contributed by atoms with Crippen LogP contribution in [-0.4, -0.2) is 29.8 Å². The van der Waals surface area contributed by atoms with Crippen LogP contribution in [0.25, 0.3) is 11.9 Å². The number of aromatic nitrogens is 6. The van der Waals surface area contributed by atoms with Crippen LogP contribution in [0.15, 0.2) is 37.2 Å². The fourth-order valence-corrected chi connectivity index (χ4v) is 2.22. The quantitative estimate of drug-likeness (QED) is 0.721. The van der Waals surface area contributed by atoms with E-state index in [4.69, 9.17) is 11.6 Å². The van der Waals surface area contributed by atoms with E-state index in [1.54, 1.807) is 30.5 Å². The molecule has 3 aromatic rings. The Hall–Kier alpha value is -2.68. The maximum Gasteiger partial charge on any atom is 0.436 e.